The molecule has 0 bridgehead atoms. The Bertz CT molecular complexity index is 669. The third-order valence-electron chi connectivity index (χ3n) is 4.92. The minimum Gasteiger partial charge on any atom is -0.493 e. The number of para-hydroxylation sites is 1. The van der Waals surface area contributed by atoms with Crippen LogP contribution < -0.4 is 4.74 Å². The molecule has 2 aliphatic heterocycles. The third-order valence-corrected chi connectivity index (χ3v) is 4.92. The van der Waals surface area contributed by atoms with Gasteiger partial charge in [0.2, 0.25) is 0 Å². The van der Waals surface area contributed by atoms with Crippen LogP contribution in [-0.4, -0.2) is 39.5 Å². The fourth-order valence-electron chi connectivity index (χ4n) is 3.92. The van der Waals surface area contributed by atoms with Crippen molar-refractivity contribution in [3.63, 3.8) is 0 Å². The molecule has 4 rings (SSSR count). The van der Waals surface area contributed by atoms with E-state index in [-0.39, 0.29) is 12.5 Å². The first kappa shape index (κ1) is 13.8. The lowest BCUT2D eigenvalue weighted by molar-refractivity contribution is 0.118. The zero-order valence-electron chi connectivity index (χ0n) is 12.7. The molecular formula is C17H21N3O2. The first-order chi connectivity index (χ1) is 10.8. The highest BCUT2D eigenvalue weighted by Gasteiger charge is 2.45. The normalized spacial score (nSPS) is 27.3. The van der Waals surface area contributed by atoms with Crippen LogP contribution >= 0.6 is 0 Å². The van der Waals surface area contributed by atoms with E-state index < -0.39 is 0 Å². The summed E-state index contributed by atoms with van der Waals surface area (Å²) in [6, 6.07) is 8.60. The molecule has 2 aromatic rings. The van der Waals surface area contributed by atoms with Gasteiger partial charge in [0, 0.05) is 61.9 Å². The molecule has 1 fully saturated rings. The number of rotatable bonds is 3. The fourth-order valence-corrected chi connectivity index (χ4v) is 3.92. The summed E-state index contributed by atoms with van der Waals surface area (Å²) in [6.07, 6.45) is 3.99. The van der Waals surface area contributed by atoms with Crippen molar-refractivity contribution >= 4 is 0 Å². The van der Waals surface area contributed by atoms with E-state index in [4.69, 9.17) is 4.74 Å². The van der Waals surface area contributed by atoms with Gasteiger partial charge in [0.15, 0.2) is 0 Å². The summed E-state index contributed by atoms with van der Waals surface area (Å²) >= 11 is 0. The first-order valence-corrected chi connectivity index (χ1v) is 7.80. The minimum absolute atomic E-state index is 0.218. The molecular weight excluding hydrogens is 278 g/mol. The number of nitrogens with zero attached hydrogens (tertiary/aromatic N) is 3. The molecule has 2 aliphatic rings. The maximum Gasteiger partial charge on any atom is 0.124 e. The molecule has 1 N–H and O–H groups in total. The zero-order chi connectivity index (χ0) is 15.1. The van der Waals surface area contributed by atoms with Crippen LogP contribution in [0.2, 0.25) is 0 Å². The van der Waals surface area contributed by atoms with Crippen LogP contribution in [0.25, 0.3) is 0 Å². The molecule has 0 unspecified atom stereocenters. The summed E-state index contributed by atoms with van der Waals surface area (Å²) in [6.45, 7) is 2.67. The van der Waals surface area contributed by atoms with E-state index in [0.29, 0.717) is 18.6 Å². The molecule has 5 heteroatoms. The van der Waals surface area contributed by atoms with Crippen molar-refractivity contribution in [2.45, 2.75) is 12.6 Å². The quantitative estimate of drug-likeness (QED) is 0.935. The van der Waals surface area contributed by atoms with Crippen molar-refractivity contribution in [1.82, 2.24) is 14.7 Å². The lowest BCUT2D eigenvalue weighted by atomic mass is 9.86. The van der Waals surface area contributed by atoms with Crippen molar-refractivity contribution in [2.75, 3.05) is 19.8 Å². The number of fused-ring (bicyclic) bond motifs is 3. The van der Waals surface area contributed by atoms with E-state index in [1.807, 2.05) is 30.1 Å². The molecule has 0 aliphatic carbocycles. The lowest BCUT2D eigenvalue weighted by Crippen LogP contribution is -2.31. The van der Waals surface area contributed by atoms with Gasteiger partial charge in [-0.05, 0) is 6.07 Å². The van der Waals surface area contributed by atoms with Crippen LogP contribution in [0, 0.1) is 11.8 Å². The second-order valence-corrected chi connectivity index (χ2v) is 6.35. The topological polar surface area (TPSA) is 50.5 Å². The Kier molecular flexibility index (Phi) is 3.39. The number of likely N-dealkylation sites (tertiary alicyclic amines) is 1. The average molecular weight is 299 g/mol. The number of aryl methyl sites for hydroxylation is 1. The molecule has 1 saturated heterocycles. The predicted molar refractivity (Wildman–Crippen MR) is 82.4 cm³/mol. The minimum atomic E-state index is 0.218. The smallest absolute Gasteiger partial charge is 0.124 e. The van der Waals surface area contributed by atoms with Crippen LogP contribution in [0.4, 0.5) is 0 Å². The number of aliphatic hydroxyl groups is 1. The number of hydrogen-bond acceptors (Lipinski definition) is 4. The summed E-state index contributed by atoms with van der Waals surface area (Å²) in [5, 5.41) is 14.0. The van der Waals surface area contributed by atoms with Crippen LogP contribution in [0.15, 0.2) is 36.7 Å². The van der Waals surface area contributed by atoms with Gasteiger partial charge < -0.3 is 9.84 Å². The fraction of sp³-hybridized carbons (Fsp3) is 0.471. The molecule has 116 valence electrons. The molecule has 0 radical (unpaired) electrons. The third kappa shape index (κ3) is 2.21. The van der Waals surface area contributed by atoms with Crippen LogP contribution in [-0.2, 0) is 13.6 Å². The van der Waals surface area contributed by atoms with E-state index in [0.717, 1.165) is 18.8 Å². The Hall–Kier alpha value is -1.85. The molecule has 3 heterocycles. The average Bonchev–Trinajstić information content (AvgIpc) is 3.11. The van der Waals surface area contributed by atoms with E-state index in [2.05, 4.69) is 28.3 Å². The predicted octanol–water partition coefficient (Wildman–Crippen LogP) is 1.59. The van der Waals surface area contributed by atoms with Gasteiger partial charge in [-0.25, -0.2) is 0 Å². The standard InChI is InChI=1S/C17H21N3O2/c1-19-7-12(6-18-19)8-20-9-13(10-21)15-11-22-16-5-3-2-4-14(16)17(15)20/h2-7,13,15,17,21H,8-11H2,1H3/t13-,15-,17-/m0/s1. The van der Waals surface area contributed by atoms with Gasteiger partial charge in [0.1, 0.15) is 5.75 Å². The van der Waals surface area contributed by atoms with Crippen molar-refractivity contribution in [3.05, 3.63) is 47.8 Å². The Balaban J connectivity index is 1.67. The maximum atomic E-state index is 9.74. The van der Waals surface area contributed by atoms with Crippen LogP contribution in [0.1, 0.15) is 17.2 Å². The summed E-state index contributed by atoms with van der Waals surface area (Å²) in [5.74, 6) is 1.62. The number of aliphatic hydroxyl groups excluding tert-OH is 1. The molecule has 3 atom stereocenters. The highest BCUT2D eigenvalue weighted by molar-refractivity contribution is 5.39. The second kappa shape index (κ2) is 5.41. The summed E-state index contributed by atoms with van der Waals surface area (Å²) < 4.78 is 7.76. The molecule has 5 nitrogen and oxygen atoms in total. The van der Waals surface area contributed by atoms with Crippen LogP contribution in [0.5, 0.6) is 5.75 Å². The maximum absolute atomic E-state index is 9.74. The molecule has 0 saturated carbocycles. The molecule has 0 spiro atoms. The Labute approximate surface area is 130 Å². The van der Waals surface area contributed by atoms with E-state index in [1.54, 1.807) is 0 Å². The second-order valence-electron chi connectivity index (χ2n) is 6.35. The van der Waals surface area contributed by atoms with E-state index >= 15 is 0 Å². The van der Waals surface area contributed by atoms with E-state index in [9.17, 15) is 5.11 Å². The van der Waals surface area contributed by atoms with Gasteiger partial charge >= 0.3 is 0 Å². The van der Waals surface area contributed by atoms with Crippen molar-refractivity contribution in [3.8, 4) is 5.75 Å². The summed E-state index contributed by atoms with van der Waals surface area (Å²) in [7, 11) is 1.94. The summed E-state index contributed by atoms with van der Waals surface area (Å²) in [5.41, 5.74) is 2.46. The lowest BCUT2D eigenvalue weighted by Gasteiger charge is -2.34. The largest absolute Gasteiger partial charge is 0.493 e. The van der Waals surface area contributed by atoms with Crippen molar-refractivity contribution < 1.29 is 9.84 Å². The van der Waals surface area contributed by atoms with Gasteiger partial charge in [-0.15, -0.1) is 0 Å². The zero-order valence-corrected chi connectivity index (χ0v) is 12.7. The molecule has 1 aromatic heterocycles. The summed E-state index contributed by atoms with van der Waals surface area (Å²) in [4.78, 5) is 2.46. The molecule has 22 heavy (non-hydrogen) atoms. The van der Waals surface area contributed by atoms with Gasteiger partial charge in [-0.2, -0.15) is 5.10 Å². The SMILES string of the molecule is Cn1cc(CN2C[C@@H](CO)[C@@H]3COc4ccccc4[C@@H]32)cn1. The Morgan fingerprint density at radius 2 is 2.23 bits per heavy atom. The Morgan fingerprint density at radius 3 is 3.00 bits per heavy atom. The van der Waals surface area contributed by atoms with E-state index in [1.165, 1.54) is 11.1 Å². The number of benzene rings is 1. The van der Waals surface area contributed by atoms with Crippen molar-refractivity contribution in [1.29, 1.82) is 0 Å². The van der Waals surface area contributed by atoms with Gasteiger partial charge in [0.05, 0.1) is 12.8 Å². The van der Waals surface area contributed by atoms with Gasteiger partial charge in [0.25, 0.3) is 0 Å². The number of aromatic nitrogens is 2. The Morgan fingerprint density at radius 1 is 1.36 bits per heavy atom. The first-order valence-electron chi connectivity index (χ1n) is 7.80. The van der Waals surface area contributed by atoms with Gasteiger partial charge in [-0.1, -0.05) is 18.2 Å². The highest BCUT2D eigenvalue weighted by Crippen LogP contribution is 2.47. The van der Waals surface area contributed by atoms with Crippen LogP contribution in [0.3, 0.4) is 0 Å². The number of ether oxygens (including phenoxy) is 1. The monoisotopic (exact) mass is 299 g/mol. The van der Waals surface area contributed by atoms with Gasteiger partial charge in [-0.3, -0.25) is 9.58 Å². The highest BCUT2D eigenvalue weighted by atomic mass is 16.5. The molecule has 1 aromatic carbocycles. The molecule has 0 amide bonds. The number of hydrogen-bond donors (Lipinski definition) is 1. The van der Waals surface area contributed by atoms with Crippen molar-refractivity contribution in [2.24, 2.45) is 18.9 Å².